The quantitative estimate of drug-likeness (QED) is 0.335. The minimum absolute atomic E-state index is 0.0278. The van der Waals surface area contributed by atoms with Crippen molar-refractivity contribution in [1.29, 1.82) is 0 Å². The van der Waals surface area contributed by atoms with Crippen LogP contribution in [0.4, 0.5) is 5.13 Å². The van der Waals surface area contributed by atoms with Gasteiger partial charge in [-0.25, -0.2) is 0 Å². The number of hydrogen-bond acceptors (Lipinski definition) is 10. The minimum Gasteiger partial charge on any atom is -0.392 e. The summed E-state index contributed by atoms with van der Waals surface area (Å²) in [5.41, 5.74) is 5.54. The first-order valence-electron chi connectivity index (χ1n) is 8.77. The van der Waals surface area contributed by atoms with Crippen LogP contribution in [0.1, 0.15) is 31.5 Å². The summed E-state index contributed by atoms with van der Waals surface area (Å²) < 4.78 is 4.04. The zero-order valence-electron chi connectivity index (χ0n) is 14.4. The van der Waals surface area contributed by atoms with E-state index in [1.54, 1.807) is 4.90 Å². The maximum absolute atomic E-state index is 12.8. The number of nitrogens with zero attached hydrogens (tertiary/aromatic N) is 4. The Hall–Kier alpha value is -1.92. The molecule has 1 aromatic rings. The van der Waals surface area contributed by atoms with Crippen LogP contribution in [0.25, 0.3) is 0 Å². The van der Waals surface area contributed by atoms with Crippen LogP contribution in [0.15, 0.2) is 5.16 Å². The van der Waals surface area contributed by atoms with E-state index in [1.165, 1.54) is 11.8 Å². The molecular formula is C15H20N6O4S2. The van der Waals surface area contributed by atoms with E-state index in [9.17, 15) is 14.7 Å². The first kappa shape index (κ1) is 18.4. The Morgan fingerprint density at radius 2 is 2.19 bits per heavy atom. The number of aliphatic hydroxyl groups excluding tert-OH is 1. The molecule has 3 atom stereocenters. The highest BCUT2D eigenvalue weighted by molar-refractivity contribution is 8.00. The van der Waals surface area contributed by atoms with E-state index in [0.29, 0.717) is 12.3 Å². The van der Waals surface area contributed by atoms with E-state index < -0.39 is 18.1 Å². The number of carbonyl (C=O) groups excluding carboxylic acids is 2. The average molecular weight is 412 g/mol. The predicted octanol–water partition coefficient (Wildman–Crippen LogP) is -0.456. The number of oxime groups is 1. The third-order valence-corrected chi connectivity index (χ3v) is 6.75. The van der Waals surface area contributed by atoms with E-state index in [0.717, 1.165) is 37.2 Å². The normalized spacial score (nSPS) is 28.6. The molecule has 2 amide bonds. The van der Waals surface area contributed by atoms with Crippen LogP contribution in [0.5, 0.6) is 0 Å². The summed E-state index contributed by atoms with van der Waals surface area (Å²) in [6.45, 7) is 0.290. The van der Waals surface area contributed by atoms with Crippen LogP contribution in [0.3, 0.4) is 0 Å². The van der Waals surface area contributed by atoms with Gasteiger partial charge in [-0.15, -0.1) is 11.8 Å². The monoisotopic (exact) mass is 412 g/mol. The number of anilines is 1. The number of β-lactam (4-membered cyclic amide) rings is 1. The first-order valence-corrected chi connectivity index (χ1v) is 10.6. The Kier molecular flexibility index (Phi) is 5.19. The standard InChI is InChI=1S/C15H20N6O4S2/c16-15-18-11(20-27-15)9(19-25-8-3-1-2-4-8)12(23)17-10-13(24)21-5-7(22)6-26-14(10)21/h7-8,10,14,22H,1-6H2,(H,17,23)(H2,16,18,20)/t7?,10?,14-/m1/s1. The van der Waals surface area contributed by atoms with Gasteiger partial charge in [0.15, 0.2) is 5.13 Å². The second kappa shape index (κ2) is 7.60. The summed E-state index contributed by atoms with van der Waals surface area (Å²) in [6.07, 6.45) is 3.36. The topological polar surface area (TPSA) is 143 Å². The third kappa shape index (κ3) is 3.73. The molecule has 2 saturated heterocycles. The van der Waals surface area contributed by atoms with Gasteiger partial charge in [0.25, 0.3) is 5.91 Å². The molecule has 2 aliphatic heterocycles. The summed E-state index contributed by atoms with van der Waals surface area (Å²) in [6, 6.07) is -0.664. The molecule has 1 aromatic heterocycles. The van der Waals surface area contributed by atoms with Crippen LogP contribution >= 0.6 is 23.3 Å². The summed E-state index contributed by atoms with van der Waals surface area (Å²) in [5.74, 6) is -0.184. The molecule has 0 radical (unpaired) electrons. The van der Waals surface area contributed by atoms with Gasteiger partial charge in [-0.05, 0) is 25.7 Å². The number of aliphatic hydroxyl groups is 1. The van der Waals surface area contributed by atoms with E-state index in [4.69, 9.17) is 10.6 Å². The molecule has 3 heterocycles. The Balaban J connectivity index is 1.47. The van der Waals surface area contributed by atoms with Gasteiger partial charge >= 0.3 is 0 Å². The number of nitrogen functional groups attached to an aromatic ring is 1. The number of thioether (sulfide) groups is 1. The van der Waals surface area contributed by atoms with Gasteiger partial charge < -0.3 is 25.9 Å². The van der Waals surface area contributed by atoms with Crippen LogP contribution < -0.4 is 11.1 Å². The average Bonchev–Trinajstić information content (AvgIpc) is 3.32. The minimum atomic E-state index is -0.664. The second-order valence-electron chi connectivity index (χ2n) is 6.73. The van der Waals surface area contributed by atoms with Crippen molar-refractivity contribution in [2.24, 2.45) is 5.16 Å². The molecule has 2 unspecified atom stereocenters. The largest absolute Gasteiger partial charge is 0.392 e. The van der Waals surface area contributed by atoms with E-state index >= 15 is 0 Å². The summed E-state index contributed by atoms with van der Waals surface area (Å²) in [7, 11) is 0. The molecule has 1 saturated carbocycles. The first-order chi connectivity index (χ1) is 13.0. The molecule has 0 bridgehead atoms. The van der Waals surface area contributed by atoms with Gasteiger partial charge in [0.05, 0.1) is 6.10 Å². The molecule has 4 rings (SSSR count). The number of aromatic nitrogens is 2. The number of nitrogens with one attached hydrogen (secondary N) is 1. The maximum atomic E-state index is 12.8. The lowest BCUT2D eigenvalue weighted by atomic mass is 10.1. The van der Waals surface area contributed by atoms with Gasteiger partial charge in [0.2, 0.25) is 17.4 Å². The number of nitrogens with two attached hydrogens (primary N) is 1. The fourth-order valence-electron chi connectivity index (χ4n) is 3.37. The van der Waals surface area contributed by atoms with Crippen molar-refractivity contribution in [2.45, 2.75) is 49.3 Å². The zero-order valence-corrected chi connectivity index (χ0v) is 16.0. The van der Waals surface area contributed by atoms with Crippen molar-refractivity contribution in [2.75, 3.05) is 18.0 Å². The van der Waals surface area contributed by atoms with Crippen LogP contribution in [0, 0.1) is 0 Å². The molecular weight excluding hydrogens is 392 g/mol. The Morgan fingerprint density at radius 1 is 1.41 bits per heavy atom. The van der Waals surface area contributed by atoms with Crippen molar-refractivity contribution in [3.8, 4) is 0 Å². The lowest BCUT2D eigenvalue weighted by Crippen LogP contribution is -2.72. The Morgan fingerprint density at radius 3 is 2.89 bits per heavy atom. The number of carbonyl (C=O) groups is 2. The van der Waals surface area contributed by atoms with E-state index in [1.807, 2.05) is 0 Å². The maximum Gasteiger partial charge on any atom is 0.278 e. The molecule has 3 aliphatic rings. The van der Waals surface area contributed by atoms with Crippen molar-refractivity contribution < 1.29 is 19.5 Å². The summed E-state index contributed by atoms with van der Waals surface area (Å²) in [5, 5.41) is 16.4. The molecule has 3 fully saturated rings. The highest BCUT2D eigenvalue weighted by atomic mass is 32.2. The van der Waals surface area contributed by atoms with Gasteiger partial charge in [-0.2, -0.15) is 9.36 Å². The van der Waals surface area contributed by atoms with Crippen molar-refractivity contribution >= 4 is 46.0 Å². The highest BCUT2D eigenvalue weighted by Gasteiger charge is 2.51. The smallest absolute Gasteiger partial charge is 0.278 e. The van der Waals surface area contributed by atoms with E-state index in [-0.39, 0.29) is 34.1 Å². The van der Waals surface area contributed by atoms with E-state index in [2.05, 4.69) is 19.8 Å². The molecule has 12 heteroatoms. The number of amides is 2. The predicted molar refractivity (Wildman–Crippen MR) is 100 cm³/mol. The fourth-order valence-corrected chi connectivity index (χ4v) is 5.08. The Labute approximate surface area is 163 Å². The molecule has 0 spiro atoms. The van der Waals surface area contributed by atoms with Crippen molar-refractivity contribution in [1.82, 2.24) is 19.6 Å². The zero-order chi connectivity index (χ0) is 19.0. The summed E-state index contributed by atoms with van der Waals surface area (Å²) in [4.78, 5) is 36.1. The van der Waals surface area contributed by atoms with Gasteiger partial charge in [0.1, 0.15) is 17.5 Å². The lowest BCUT2D eigenvalue weighted by Gasteiger charge is -2.50. The van der Waals surface area contributed by atoms with Gasteiger partial charge in [-0.1, -0.05) is 5.16 Å². The number of rotatable bonds is 5. The second-order valence-corrected chi connectivity index (χ2v) is 8.66. The third-order valence-electron chi connectivity index (χ3n) is 4.76. The molecule has 27 heavy (non-hydrogen) atoms. The van der Waals surface area contributed by atoms with Crippen molar-refractivity contribution in [3.63, 3.8) is 0 Å². The molecule has 146 valence electrons. The SMILES string of the molecule is Nc1nc(C(=NOC2CCCC2)C(=O)NC2C(=O)N3CC(O)CS[C@H]23)ns1. The van der Waals surface area contributed by atoms with Gasteiger partial charge in [-0.3, -0.25) is 9.59 Å². The van der Waals surface area contributed by atoms with Gasteiger partial charge in [0, 0.05) is 23.8 Å². The Bertz CT molecular complexity index is 765. The highest BCUT2D eigenvalue weighted by Crippen LogP contribution is 2.34. The molecule has 10 nitrogen and oxygen atoms in total. The lowest BCUT2D eigenvalue weighted by molar-refractivity contribution is -0.150. The molecule has 1 aliphatic carbocycles. The fraction of sp³-hybridized carbons (Fsp3) is 0.667. The van der Waals surface area contributed by atoms with Crippen molar-refractivity contribution in [3.05, 3.63) is 5.82 Å². The molecule has 4 N–H and O–H groups in total. The number of fused-ring (bicyclic) bond motifs is 1. The molecule has 0 aromatic carbocycles. The van der Waals surface area contributed by atoms with Crippen LogP contribution in [0.2, 0.25) is 0 Å². The van der Waals surface area contributed by atoms with Crippen LogP contribution in [-0.4, -0.2) is 72.8 Å². The van der Waals surface area contributed by atoms with Crippen LogP contribution in [-0.2, 0) is 14.4 Å². The number of hydrogen-bond donors (Lipinski definition) is 3. The summed E-state index contributed by atoms with van der Waals surface area (Å²) >= 11 is 2.40.